The lowest BCUT2D eigenvalue weighted by Gasteiger charge is -2.15. The van der Waals surface area contributed by atoms with E-state index in [1.807, 2.05) is 23.9 Å². The minimum Gasteiger partial charge on any atom is -0.378 e. The van der Waals surface area contributed by atoms with Crippen molar-refractivity contribution in [2.75, 3.05) is 5.32 Å². The van der Waals surface area contributed by atoms with Crippen LogP contribution in [0.4, 0.5) is 5.69 Å². The standard InChI is InChI=1S/C10H11Cl2N5/c1-7(6-17-4-2-3-13-17)14-8-5-9(11)15-16-10(8)12/h2-5,7H,6H2,1H3,(H,14,15). The molecule has 0 fully saturated rings. The van der Waals surface area contributed by atoms with Crippen LogP contribution in [0.25, 0.3) is 0 Å². The van der Waals surface area contributed by atoms with E-state index < -0.39 is 0 Å². The van der Waals surface area contributed by atoms with Crippen LogP contribution in [0.15, 0.2) is 24.5 Å². The molecule has 0 aliphatic rings. The SMILES string of the molecule is CC(Cn1cccn1)Nc1cc(Cl)nnc1Cl. The fourth-order valence-corrected chi connectivity index (χ4v) is 1.75. The lowest BCUT2D eigenvalue weighted by atomic mass is 10.3. The summed E-state index contributed by atoms with van der Waals surface area (Å²) in [7, 11) is 0. The van der Waals surface area contributed by atoms with Crippen LogP contribution in [0.5, 0.6) is 0 Å². The van der Waals surface area contributed by atoms with Gasteiger partial charge < -0.3 is 5.32 Å². The Balaban J connectivity index is 2.02. The second-order valence-electron chi connectivity index (χ2n) is 3.65. The van der Waals surface area contributed by atoms with Crippen LogP contribution in [-0.4, -0.2) is 26.0 Å². The average molecular weight is 272 g/mol. The van der Waals surface area contributed by atoms with E-state index in [9.17, 15) is 0 Å². The Morgan fingerprint density at radius 2 is 2.24 bits per heavy atom. The van der Waals surface area contributed by atoms with Crippen molar-refractivity contribution in [3.8, 4) is 0 Å². The summed E-state index contributed by atoms with van der Waals surface area (Å²) in [6.07, 6.45) is 3.64. The van der Waals surface area contributed by atoms with E-state index in [2.05, 4.69) is 20.6 Å². The first-order chi connectivity index (χ1) is 8.15. The van der Waals surface area contributed by atoms with E-state index in [0.717, 1.165) is 6.54 Å². The number of halogens is 2. The maximum Gasteiger partial charge on any atom is 0.174 e. The lowest BCUT2D eigenvalue weighted by Crippen LogP contribution is -2.22. The molecule has 2 rings (SSSR count). The lowest BCUT2D eigenvalue weighted by molar-refractivity contribution is 0.560. The van der Waals surface area contributed by atoms with Crippen LogP contribution in [0.1, 0.15) is 6.92 Å². The summed E-state index contributed by atoms with van der Waals surface area (Å²) >= 11 is 11.7. The van der Waals surface area contributed by atoms with Crippen molar-refractivity contribution < 1.29 is 0 Å². The highest BCUT2D eigenvalue weighted by Crippen LogP contribution is 2.21. The summed E-state index contributed by atoms with van der Waals surface area (Å²) in [5.41, 5.74) is 0.673. The Bertz CT molecular complexity index is 485. The van der Waals surface area contributed by atoms with E-state index in [-0.39, 0.29) is 6.04 Å². The van der Waals surface area contributed by atoms with Crippen LogP contribution in [0, 0.1) is 0 Å². The van der Waals surface area contributed by atoms with Gasteiger partial charge in [0.15, 0.2) is 10.3 Å². The molecule has 0 amide bonds. The Morgan fingerprint density at radius 3 is 2.94 bits per heavy atom. The average Bonchev–Trinajstić information content (AvgIpc) is 2.76. The largest absolute Gasteiger partial charge is 0.378 e. The van der Waals surface area contributed by atoms with Gasteiger partial charge in [0.25, 0.3) is 0 Å². The highest BCUT2D eigenvalue weighted by Gasteiger charge is 2.08. The van der Waals surface area contributed by atoms with Gasteiger partial charge in [0.1, 0.15) is 0 Å². The second kappa shape index (κ2) is 5.33. The van der Waals surface area contributed by atoms with E-state index in [1.54, 1.807) is 12.3 Å². The Kier molecular flexibility index (Phi) is 3.81. The molecule has 0 aliphatic heterocycles. The number of nitrogens with one attached hydrogen (secondary N) is 1. The smallest absolute Gasteiger partial charge is 0.174 e. The molecular weight excluding hydrogens is 261 g/mol. The summed E-state index contributed by atoms with van der Waals surface area (Å²) in [5, 5.41) is 15.3. The van der Waals surface area contributed by atoms with Gasteiger partial charge in [-0.2, -0.15) is 5.10 Å². The van der Waals surface area contributed by atoms with Crippen LogP contribution in [-0.2, 0) is 6.54 Å². The molecule has 1 unspecified atom stereocenters. The van der Waals surface area contributed by atoms with Crippen LogP contribution < -0.4 is 5.32 Å². The first-order valence-electron chi connectivity index (χ1n) is 5.08. The number of nitrogens with zero attached hydrogens (tertiary/aromatic N) is 4. The molecule has 2 aromatic rings. The molecule has 5 nitrogen and oxygen atoms in total. The van der Waals surface area contributed by atoms with E-state index in [4.69, 9.17) is 23.2 Å². The monoisotopic (exact) mass is 271 g/mol. The molecule has 0 saturated heterocycles. The molecule has 0 spiro atoms. The van der Waals surface area contributed by atoms with Crippen molar-refractivity contribution in [3.05, 3.63) is 34.8 Å². The van der Waals surface area contributed by atoms with Crippen molar-refractivity contribution in [3.63, 3.8) is 0 Å². The molecule has 7 heteroatoms. The van der Waals surface area contributed by atoms with Gasteiger partial charge in [0, 0.05) is 24.5 Å². The first kappa shape index (κ1) is 12.1. The number of anilines is 1. The Labute approximate surface area is 109 Å². The Morgan fingerprint density at radius 1 is 1.41 bits per heavy atom. The minimum atomic E-state index is 0.146. The van der Waals surface area contributed by atoms with Crippen molar-refractivity contribution in [1.82, 2.24) is 20.0 Å². The van der Waals surface area contributed by atoms with Crippen LogP contribution >= 0.6 is 23.2 Å². The highest BCUT2D eigenvalue weighted by molar-refractivity contribution is 6.33. The van der Waals surface area contributed by atoms with Gasteiger partial charge in [0.2, 0.25) is 0 Å². The van der Waals surface area contributed by atoms with Crippen LogP contribution in [0.3, 0.4) is 0 Å². The van der Waals surface area contributed by atoms with Gasteiger partial charge in [-0.05, 0) is 13.0 Å². The normalized spacial score (nSPS) is 12.4. The van der Waals surface area contributed by atoms with Gasteiger partial charge >= 0.3 is 0 Å². The Hall–Kier alpha value is -1.33. The molecule has 1 N–H and O–H groups in total. The molecular formula is C10H11Cl2N5. The topological polar surface area (TPSA) is 55.6 Å². The molecule has 0 bridgehead atoms. The molecule has 0 saturated carbocycles. The van der Waals surface area contributed by atoms with Gasteiger partial charge in [-0.1, -0.05) is 23.2 Å². The van der Waals surface area contributed by atoms with Crippen molar-refractivity contribution in [2.24, 2.45) is 0 Å². The zero-order valence-corrected chi connectivity index (χ0v) is 10.7. The highest BCUT2D eigenvalue weighted by atomic mass is 35.5. The summed E-state index contributed by atoms with van der Waals surface area (Å²) in [5.74, 6) is 0. The molecule has 0 aromatic carbocycles. The zero-order chi connectivity index (χ0) is 12.3. The second-order valence-corrected chi connectivity index (χ2v) is 4.39. The van der Waals surface area contributed by atoms with Crippen LogP contribution in [0.2, 0.25) is 10.3 Å². The molecule has 1 atom stereocenters. The van der Waals surface area contributed by atoms with E-state index >= 15 is 0 Å². The molecule has 0 aliphatic carbocycles. The number of hydrogen-bond acceptors (Lipinski definition) is 4. The van der Waals surface area contributed by atoms with Gasteiger partial charge in [-0.25, -0.2) is 0 Å². The maximum atomic E-state index is 5.90. The molecule has 17 heavy (non-hydrogen) atoms. The molecule has 2 aromatic heterocycles. The number of rotatable bonds is 4. The third-order valence-corrected chi connectivity index (χ3v) is 2.60. The summed E-state index contributed by atoms with van der Waals surface area (Å²) < 4.78 is 1.84. The molecule has 0 radical (unpaired) electrons. The fraction of sp³-hybridized carbons (Fsp3) is 0.300. The quantitative estimate of drug-likeness (QED) is 0.929. The third-order valence-electron chi connectivity index (χ3n) is 2.14. The number of aromatic nitrogens is 4. The fourth-order valence-electron chi connectivity index (χ4n) is 1.45. The first-order valence-corrected chi connectivity index (χ1v) is 5.83. The minimum absolute atomic E-state index is 0.146. The zero-order valence-electron chi connectivity index (χ0n) is 9.14. The van der Waals surface area contributed by atoms with Crippen molar-refractivity contribution >= 4 is 28.9 Å². The predicted molar refractivity (Wildman–Crippen MR) is 67.4 cm³/mol. The van der Waals surface area contributed by atoms with Gasteiger partial charge in [-0.15, -0.1) is 10.2 Å². The predicted octanol–water partition coefficient (Wildman–Crippen LogP) is 2.48. The number of hydrogen-bond donors (Lipinski definition) is 1. The maximum absolute atomic E-state index is 5.90. The summed E-state index contributed by atoms with van der Waals surface area (Å²) in [6.45, 7) is 2.75. The van der Waals surface area contributed by atoms with Crippen molar-refractivity contribution in [1.29, 1.82) is 0 Å². The van der Waals surface area contributed by atoms with Crippen molar-refractivity contribution in [2.45, 2.75) is 19.5 Å². The van der Waals surface area contributed by atoms with Gasteiger partial charge in [0.05, 0.1) is 12.2 Å². The third kappa shape index (κ3) is 3.31. The molecule has 2 heterocycles. The molecule has 90 valence electrons. The summed E-state index contributed by atoms with van der Waals surface area (Å²) in [4.78, 5) is 0. The van der Waals surface area contributed by atoms with E-state index in [1.165, 1.54) is 0 Å². The van der Waals surface area contributed by atoms with E-state index in [0.29, 0.717) is 16.0 Å². The summed E-state index contributed by atoms with van der Waals surface area (Å²) in [6, 6.07) is 3.67. The van der Waals surface area contributed by atoms with Gasteiger partial charge in [-0.3, -0.25) is 4.68 Å².